The van der Waals surface area contributed by atoms with Crippen LogP contribution < -0.4 is 14.9 Å². The molecule has 7 nitrogen and oxygen atoms in total. The van der Waals surface area contributed by atoms with Gasteiger partial charge in [-0.05, 0) is 90.9 Å². The summed E-state index contributed by atoms with van der Waals surface area (Å²) in [5.41, 5.74) is 4.69. The molecule has 2 aliphatic heterocycles. The lowest BCUT2D eigenvalue weighted by Gasteiger charge is -2.37. The summed E-state index contributed by atoms with van der Waals surface area (Å²) in [5, 5.41) is 0.360. The summed E-state index contributed by atoms with van der Waals surface area (Å²) in [4.78, 5) is 26.7. The van der Waals surface area contributed by atoms with E-state index >= 15 is 0 Å². The Hall–Kier alpha value is -3.19. The molecular weight excluding hydrogens is 542 g/mol. The average Bonchev–Trinajstić information content (AvgIpc) is 3.74. The van der Waals surface area contributed by atoms with Crippen molar-refractivity contribution >= 4 is 24.5 Å². The van der Waals surface area contributed by atoms with Gasteiger partial charge in [-0.1, -0.05) is 12.1 Å². The van der Waals surface area contributed by atoms with Crippen molar-refractivity contribution in [2.75, 3.05) is 37.8 Å². The minimum Gasteiger partial charge on any atom is -0.494 e. The Morgan fingerprint density at radius 1 is 1.07 bits per heavy atom. The van der Waals surface area contributed by atoms with Crippen LogP contribution in [0.5, 0.6) is 5.75 Å². The van der Waals surface area contributed by atoms with E-state index in [0.717, 1.165) is 67.8 Å². The van der Waals surface area contributed by atoms with Crippen LogP contribution in [0.1, 0.15) is 49.7 Å². The number of rotatable bonds is 8. The summed E-state index contributed by atoms with van der Waals surface area (Å²) in [5.74, 6) is 1.14. The first-order valence-electron chi connectivity index (χ1n) is 14.3. The molecular formula is C32H36FN2O5P. The molecule has 0 bridgehead atoms. The zero-order valence-corrected chi connectivity index (χ0v) is 24.4. The molecule has 0 aromatic heterocycles. The number of anilines is 1. The molecule has 41 heavy (non-hydrogen) atoms. The van der Waals surface area contributed by atoms with Gasteiger partial charge in [0.15, 0.2) is 0 Å². The molecule has 1 saturated carbocycles. The molecule has 1 atom stereocenters. The Morgan fingerprint density at radius 3 is 2.37 bits per heavy atom. The van der Waals surface area contributed by atoms with Crippen molar-refractivity contribution in [3.05, 3.63) is 77.6 Å². The molecule has 2 saturated heterocycles. The Kier molecular flexibility index (Phi) is 7.43. The second-order valence-corrected chi connectivity index (χ2v) is 13.8. The molecule has 3 aliphatic rings. The van der Waals surface area contributed by atoms with Crippen molar-refractivity contribution in [1.82, 2.24) is 4.90 Å². The van der Waals surface area contributed by atoms with Crippen molar-refractivity contribution in [2.24, 2.45) is 0 Å². The summed E-state index contributed by atoms with van der Waals surface area (Å²) < 4.78 is 37.6. The number of amides is 1. The van der Waals surface area contributed by atoms with Crippen LogP contribution in [0.4, 0.5) is 14.9 Å². The third-order valence-corrected chi connectivity index (χ3v) is 9.73. The number of hydrogen-bond acceptors (Lipinski definition) is 5. The largest absolute Gasteiger partial charge is 0.494 e. The molecule has 3 fully saturated rings. The normalized spacial score (nSPS) is 20.2. The number of piperidine rings is 1. The van der Waals surface area contributed by atoms with Gasteiger partial charge in [0.2, 0.25) is 7.37 Å². The van der Waals surface area contributed by atoms with Crippen LogP contribution in [0.2, 0.25) is 0 Å². The number of carbonyl (C=O) groups is 1. The topological polar surface area (TPSA) is 79.3 Å². The molecule has 1 spiro atoms. The van der Waals surface area contributed by atoms with E-state index < -0.39 is 13.0 Å². The van der Waals surface area contributed by atoms with Gasteiger partial charge in [-0.25, -0.2) is 9.18 Å². The SMILES string of the molecule is CCOc1cc(-c2ccc(F)cc2)c(C2CC2)cc1CN1CCC2(CC1)CN(c1ccc(P(C)(=O)O)cc1)C(=O)O2. The Bertz CT molecular complexity index is 1480. The number of hydrogen-bond donors (Lipinski definition) is 1. The Labute approximate surface area is 240 Å². The number of halogens is 1. The van der Waals surface area contributed by atoms with Gasteiger partial charge in [-0.2, -0.15) is 0 Å². The second-order valence-electron chi connectivity index (χ2n) is 11.6. The van der Waals surface area contributed by atoms with Crippen LogP contribution in [-0.2, 0) is 15.8 Å². The zero-order valence-electron chi connectivity index (χ0n) is 23.5. The van der Waals surface area contributed by atoms with Gasteiger partial charge in [-0.15, -0.1) is 0 Å². The zero-order chi connectivity index (χ0) is 28.8. The van der Waals surface area contributed by atoms with Crippen LogP contribution in [0.25, 0.3) is 11.1 Å². The fourth-order valence-corrected chi connectivity index (χ4v) is 6.72. The van der Waals surface area contributed by atoms with Crippen LogP contribution in [0.3, 0.4) is 0 Å². The molecule has 3 aromatic carbocycles. The van der Waals surface area contributed by atoms with Gasteiger partial charge in [0, 0.05) is 55.7 Å². The van der Waals surface area contributed by atoms with Crippen molar-refractivity contribution in [2.45, 2.75) is 50.7 Å². The molecule has 1 aliphatic carbocycles. The number of carbonyl (C=O) groups excluding carboxylic acids is 1. The third-order valence-electron chi connectivity index (χ3n) is 8.48. The highest BCUT2D eigenvalue weighted by atomic mass is 31.2. The monoisotopic (exact) mass is 578 g/mol. The minimum absolute atomic E-state index is 0.241. The molecule has 2 heterocycles. The van der Waals surface area contributed by atoms with Crippen LogP contribution >= 0.6 is 7.37 Å². The van der Waals surface area contributed by atoms with E-state index in [1.54, 1.807) is 29.2 Å². The van der Waals surface area contributed by atoms with Crippen LogP contribution in [0, 0.1) is 5.82 Å². The highest BCUT2D eigenvalue weighted by molar-refractivity contribution is 7.65. The van der Waals surface area contributed by atoms with E-state index in [1.807, 2.05) is 19.1 Å². The van der Waals surface area contributed by atoms with Crippen LogP contribution in [-0.4, -0.2) is 54.4 Å². The van der Waals surface area contributed by atoms with Crippen molar-refractivity contribution < 1.29 is 28.1 Å². The number of nitrogens with zero attached hydrogens (tertiary/aromatic N) is 2. The van der Waals surface area contributed by atoms with Crippen molar-refractivity contribution in [1.29, 1.82) is 0 Å². The van der Waals surface area contributed by atoms with Gasteiger partial charge in [0.1, 0.15) is 17.2 Å². The van der Waals surface area contributed by atoms with E-state index in [0.29, 0.717) is 30.1 Å². The smallest absolute Gasteiger partial charge is 0.415 e. The van der Waals surface area contributed by atoms with Gasteiger partial charge in [0.05, 0.1) is 13.2 Å². The molecule has 0 radical (unpaired) electrons. The van der Waals surface area contributed by atoms with E-state index in [9.17, 15) is 18.6 Å². The fourth-order valence-electron chi connectivity index (χ4n) is 6.02. The maximum Gasteiger partial charge on any atom is 0.415 e. The number of ether oxygens (including phenoxy) is 2. The fraction of sp³-hybridized carbons (Fsp3) is 0.406. The molecule has 216 valence electrons. The van der Waals surface area contributed by atoms with E-state index in [2.05, 4.69) is 17.0 Å². The van der Waals surface area contributed by atoms with Crippen molar-refractivity contribution in [3.63, 3.8) is 0 Å². The first-order valence-corrected chi connectivity index (χ1v) is 16.4. The standard InChI is InChI=1S/C32H36FN2O5P/c1-3-39-30-19-29(23-6-8-25(33)9-7-23)28(22-4-5-22)18-24(30)20-34-16-14-32(15-17-34)21-35(31(36)40-32)26-10-12-27(13-11-26)41(2,37)38/h6-13,18-19,22H,3-5,14-17,20-21H2,1-2H3,(H,37,38). The molecule has 3 aromatic rings. The summed E-state index contributed by atoms with van der Waals surface area (Å²) >= 11 is 0. The van der Waals surface area contributed by atoms with Gasteiger partial charge >= 0.3 is 6.09 Å². The predicted molar refractivity (Wildman–Crippen MR) is 158 cm³/mol. The molecule has 1 amide bonds. The molecule has 1 unspecified atom stereocenters. The lowest BCUT2D eigenvalue weighted by atomic mass is 9.90. The first kappa shape index (κ1) is 28.0. The molecule has 9 heteroatoms. The van der Waals surface area contributed by atoms with Crippen molar-refractivity contribution in [3.8, 4) is 16.9 Å². The summed E-state index contributed by atoms with van der Waals surface area (Å²) in [6.45, 7) is 6.62. The summed E-state index contributed by atoms with van der Waals surface area (Å²) in [6, 6.07) is 17.7. The Morgan fingerprint density at radius 2 is 1.76 bits per heavy atom. The van der Waals surface area contributed by atoms with E-state index in [4.69, 9.17) is 9.47 Å². The number of likely N-dealkylation sites (tertiary alicyclic amines) is 1. The summed E-state index contributed by atoms with van der Waals surface area (Å²) in [6.07, 6.45) is 3.40. The third kappa shape index (κ3) is 5.92. The predicted octanol–water partition coefficient (Wildman–Crippen LogP) is 6.29. The summed E-state index contributed by atoms with van der Waals surface area (Å²) in [7, 11) is -3.35. The Balaban J connectivity index is 1.16. The highest BCUT2D eigenvalue weighted by Crippen LogP contribution is 2.47. The van der Waals surface area contributed by atoms with Crippen LogP contribution in [0.15, 0.2) is 60.7 Å². The van der Waals surface area contributed by atoms with E-state index in [1.165, 1.54) is 24.4 Å². The average molecular weight is 579 g/mol. The molecule has 1 N–H and O–H groups in total. The lowest BCUT2D eigenvalue weighted by Crippen LogP contribution is -2.46. The first-order chi connectivity index (χ1) is 19.6. The van der Waals surface area contributed by atoms with E-state index in [-0.39, 0.29) is 11.9 Å². The highest BCUT2D eigenvalue weighted by Gasteiger charge is 2.47. The van der Waals surface area contributed by atoms with Gasteiger partial charge < -0.3 is 14.4 Å². The van der Waals surface area contributed by atoms with Gasteiger partial charge in [-0.3, -0.25) is 14.4 Å². The lowest BCUT2D eigenvalue weighted by molar-refractivity contribution is -0.00111. The maximum atomic E-state index is 13.6. The quantitative estimate of drug-likeness (QED) is 0.317. The number of benzene rings is 3. The maximum absolute atomic E-state index is 13.6. The second kappa shape index (κ2) is 10.9. The molecule has 6 rings (SSSR count). The minimum atomic E-state index is -3.35. The van der Waals surface area contributed by atoms with Gasteiger partial charge in [0.25, 0.3) is 0 Å².